The van der Waals surface area contributed by atoms with Crippen LogP contribution in [0.3, 0.4) is 0 Å². The maximum absolute atomic E-state index is 12.4. The third kappa shape index (κ3) is 6.00. The molecule has 185 valence electrons. The van der Waals surface area contributed by atoms with Crippen LogP contribution in [0.5, 0.6) is 0 Å². The molecule has 0 aliphatic heterocycles. The molecule has 2 aliphatic carbocycles. The third-order valence-electron chi connectivity index (χ3n) is 7.25. The molecule has 1 saturated carbocycles. The first kappa shape index (κ1) is 27.0. The molecule has 0 bridgehead atoms. The van der Waals surface area contributed by atoms with Crippen LogP contribution in [0.2, 0.25) is 0 Å². The zero-order valence-electron chi connectivity index (χ0n) is 21.0. The number of aromatic nitrogens is 1. The number of nitrogens with zero attached hydrogens (tertiary/aromatic N) is 1. The van der Waals surface area contributed by atoms with Crippen LogP contribution in [0.4, 0.5) is 0 Å². The molecule has 4 heteroatoms. The monoisotopic (exact) mass is 645 g/mol. The molecule has 1 heterocycles. The molecule has 0 amide bonds. The van der Waals surface area contributed by atoms with Gasteiger partial charge in [-0.2, -0.15) is 0 Å². The predicted molar refractivity (Wildman–Crippen MR) is 138 cm³/mol. The van der Waals surface area contributed by atoms with Crippen molar-refractivity contribution in [3.05, 3.63) is 90.3 Å². The second-order valence-corrected chi connectivity index (χ2v) is 10.7. The molecule has 0 saturated heterocycles. The van der Waals surface area contributed by atoms with Gasteiger partial charge in [-0.25, -0.2) is 0 Å². The van der Waals surface area contributed by atoms with E-state index >= 15 is 0 Å². The Morgan fingerprint density at radius 3 is 2.11 bits per heavy atom. The van der Waals surface area contributed by atoms with Gasteiger partial charge in [0.2, 0.25) is 0 Å². The van der Waals surface area contributed by atoms with E-state index in [4.69, 9.17) is 0 Å². The van der Waals surface area contributed by atoms with E-state index in [2.05, 4.69) is 29.2 Å². The molecule has 5 rings (SSSR count). The van der Waals surface area contributed by atoms with Crippen LogP contribution < -0.4 is 0 Å². The Hall–Kier alpha value is -2.55. The molecule has 1 radical (unpaired) electrons. The summed E-state index contributed by atoms with van der Waals surface area (Å²) in [7, 11) is 0. The van der Waals surface area contributed by atoms with Gasteiger partial charge in [-0.1, -0.05) is 70.2 Å². The fourth-order valence-corrected chi connectivity index (χ4v) is 4.86. The third-order valence-corrected chi connectivity index (χ3v) is 7.25. The van der Waals surface area contributed by atoms with Crippen LogP contribution in [0.15, 0.2) is 84.3 Å². The number of hydrogen-bond donors (Lipinski definition) is 1. The number of ketones is 1. The Kier molecular flexibility index (Phi) is 8.51. The maximum Gasteiger partial charge on any atom is 0.168 e. The topological polar surface area (TPSA) is 50.2 Å². The van der Waals surface area contributed by atoms with Crippen LogP contribution in [-0.2, 0) is 24.9 Å². The second kappa shape index (κ2) is 11.0. The molecule has 2 aliphatic rings. The van der Waals surface area contributed by atoms with Gasteiger partial charge in [0.15, 0.2) is 5.78 Å². The van der Waals surface area contributed by atoms with Crippen LogP contribution in [0.1, 0.15) is 53.4 Å². The summed E-state index contributed by atoms with van der Waals surface area (Å²) < 4.78 is 0. The van der Waals surface area contributed by atoms with E-state index in [1.54, 1.807) is 0 Å². The number of fused-ring (bicyclic) bond motifs is 1. The minimum atomic E-state index is -0.284. The summed E-state index contributed by atoms with van der Waals surface area (Å²) in [5.74, 6) is 0.851. The summed E-state index contributed by atoms with van der Waals surface area (Å²) >= 11 is 0. The van der Waals surface area contributed by atoms with E-state index in [1.165, 1.54) is 5.56 Å². The smallest absolute Gasteiger partial charge is 0.168 e. The molecule has 1 aromatic heterocycles. The van der Waals surface area contributed by atoms with Gasteiger partial charge in [0.25, 0.3) is 0 Å². The van der Waals surface area contributed by atoms with Crippen molar-refractivity contribution >= 4 is 5.78 Å². The minimum Gasteiger partial charge on any atom is -0.511 e. The van der Waals surface area contributed by atoms with E-state index in [0.29, 0.717) is 11.7 Å². The van der Waals surface area contributed by atoms with Gasteiger partial charge in [-0.15, -0.1) is 35.9 Å². The Morgan fingerprint density at radius 2 is 1.51 bits per heavy atom. The van der Waals surface area contributed by atoms with Crippen LogP contribution in [0, 0.1) is 22.8 Å². The van der Waals surface area contributed by atoms with Crippen LogP contribution >= 0.6 is 0 Å². The number of carbonyl (C=O) groups excluding carboxylic acids is 1. The average molecular weight is 645 g/mol. The van der Waals surface area contributed by atoms with Crippen LogP contribution in [0.25, 0.3) is 22.4 Å². The van der Waals surface area contributed by atoms with E-state index in [9.17, 15) is 9.90 Å². The number of benzene rings is 2. The number of aliphatic hydroxyl groups is 1. The standard InChI is InChI=1S/C17H12N.C14H22O2.Ir/c1-3-7-14(8-4-1)16-11-12-17(18-13-16)15-9-5-2-6-10-15;1-13(2)7-5-9-6-8-14(3,4)12(16)10(9)11(13)15;/h1-9,11-13H;9,15H,5-8H2,1-4H3;/q-1;;. The summed E-state index contributed by atoms with van der Waals surface area (Å²) in [5.41, 5.74) is 4.55. The summed E-state index contributed by atoms with van der Waals surface area (Å²) in [5, 5.41) is 10.3. The average Bonchev–Trinajstić information content (AvgIpc) is 2.85. The van der Waals surface area contributed by atoms with Gasteiger partial charge >= 0.3 is 0 Å². The number of pyridine rings is 1. The summed E-state index contributed by atoms with van der Waals surface area (Å²) in [6.07, 6.45) is 5.95. The van der Waals surface area contributed by atoms with Gasteiger partial charge in [-0.3, -0.25) is 4.79 Å². The van der Waals surface area contributed by atoms with Crippen molar-refractivity contribution in [3.8, 4) is 22.4 Å². The SMILES string of the molecule is CC1(C)CCC2CCC(C)(C)C(O)=C2C1=O.[Ir].[c-]1ccccc1-c1ccc(-c2ccccc2)cn1. The Bertz CT molecular complexity index is 1110. The molecular formula is C31H34IrNO2-. The van der Waals surface area contributed by atoms with Crippen molar-refractivity contribution in [2.75, 3.05) is 0 Å². The summed E-state index contributed by atoms with van der Waals surface area (Å²) in [6, 6.07) is 25.5. The normalized spacial score (nSPS) is 20.1. The van der Waals surface area contributed by atoms with Crippen LogP contribution in [-0.4, -0.2) is 15.9 Å². The van der Waals surface area contributed by atoms with Gasteiger partial charge in [0.05, 0.1) is 0 Å². The molecule has 1 atom stereocenters. The number of rotatable bonds is 2. The largest absolute Gasteiger partial charge is 0.511 e. The number of hydrogen-bond acceptors (Lipinski definition) is 3. The first-order valence-electron chi connectivity index (χ1n) is 12.2. The van der Waals surface area contributed by atoms with E-state index in [0.717, 1.165) is 48.1 Å². The number of aliphatic hydroxyl groups excluding tert-OH is 1. The molecule has 1 unspecified atom stereocenters. The van der Waals surface area contributed by atoms with Gasteiger partial charge in [0, 0.05) is 42.7 Å². The predicted octanol–water partition coefficient (Wildman–Crippen LogP) is 7.84. The Morgan fingerprint density at radius 1 is 0.857 bits per heavy atom. The first-order chi connectivity index (χ1) is 16.2. The van der Waals surface area contributed by atoms with Gasteiger partial charge < -0.3 is 10.1 Å². The molecule has 35 heavy (non-hydrogen) atoms. The van der Waals surface area contributed by atoms with E-state index in [-0.39, 0.29) is 36.7 Å². The van der Waals surface area contributed by atoms with Gasteiger partial charge in [-0.05, 0) is 48.4 Å². The number of carbonyl (C=O) groups is 1. The molecule has 3 aromatic rings. The Balaban J connectivity index is 0.000000192. The Labute approximate surface area is 223 Å². The molecular weight excluding hydrogens is 611 g/mol. The van der Waals surface area contributed by atoms with Crippen molar-refractivity contribution < 1.29 is 30.0 Å². The van der Waals surface area contributed by atoms with Crippen molar-refractivity contribution in [1.29, 1.82) is 0 Å². The minimum absolute atomic E-state index is 0. The fraction of sp³-hybridized carbons (Fsp3) is 0.355. The van der Waals surface area contributed by atoms with Crippen molar-refractivity contribution in [2.24, 2.45) is 16.7 Å². The summed E-state index contributed by atoms with van der Waals surface area (Å²) in [4.78, 5) is 16.9. The second-order valence-electron chi connectivity index (χ2n) is 10.7. The van der Waals surface area contributed by atoms with Gasteiger partial charge in [0.1, 0.15) is 5.76 Å². The number of allylic oxidation sites excluding steroid dienone is 2. The number of Topliss-reactive ketones (excluding diaryl/α,β-unsaturated/α-hetero) is 1. The molecule has 3 nitrogen and oxygen atoms in total. The van der Waals surface area contributed by atoms with E-state index < -0.39 is 0 Å². The molecule has 1 N–H and O–H groups in total. The quantitative estimate of drug-likeness (QED) is 0.289. The molecule has 2 aromatic carbocycles. The fourth-order valence-electron chi connectivity index (χ4n) is 4.86. The van der Waals surface area contributed by atoms with E-state index in [1.807, 2.05) is 82.4 Å². The maximum atomic E-state index is 12.4. The zero-order valence-corrected chi connectivity index (χ0v) is 23.4. The molecule has 0 spiro atoms. The zero-order chi connectivity index (χ0) is 24.3. The van der Waals surface area contributed by atoms with Crippen molar-refractivity contribution in [1.82, 2.24) is 4.98 Å². The van der Waals surface area contributed by atoms with Crippen molar-refractivity contribution in [2.45, 2.75) is 53.4 Å². The molecule has 1 fully saturated rings. The van der Waals surface area contributed by atoms with Crippen molar-refractivity contribution in [3.63, 3.8) is 0 Å². The summed E-state index contributed by atoms with van der Waals surface area (Å²) in [6.45, 7) is 8.04. The first-order valence-corrected chi connectivity index (χ1v) is 12.2.